The van der Waals surface area contributed by atoms with Crippen LogP contribution in [0.2, 0.25) is 0 Å². The highest BCUT2D eigenvalue weighted by Gasteiger charge is 2.36. The molecule has 2 aromatic carbocycles. The van der Waals surface area contributed by atoms with Gasteiger partial charge in [-0.2, -0.15) is 18.2 Å². The van der Waals surface area contributed by atoms with Crippen LogP contribution in [0.5, 0.6) is 11.6 Å². The molecule has 3 rings (SSSR count). The molecule has 1 aromatic heterocycles. The van der Waals surface area contributed by atoms with E-state index in [-0.39, 0.29) is 11.7 Å². The molecule has 0 fully saturated rings. The molecule has 0 unspecified atom stereocenters. The fourth-order valence-electron chi connectivity index (χ4n) is 2.60. The zero-order valence-electron chi connectivity index (χ0n) is 15.7. The van der Waals surface area contributed by atoms with Crippen LogP contribution in [0.4, 0.5) is 24.8 Å². The molecule has 28 heavy (non-hydrogen) atoms. The van der Waals surface area contributed by atoms with Crippen molar-refractivity contribution in [2.24, 2.45) is 0 Å². The Balaban J connectivity index is 2.00. The maximum Gasteiger partial charge on any atom is 0.423 e. The van der Waals surface area contributed by atoms with Gasteiger partial charge >= 0.3 is 6.18 Å². The predicted molar refractivity (Wildman–Crippen MR) is 102 cm³/mol. The number of rotatable bonds is 5. The SMILES string of the molecule is CC(C)c1cccc(N(C)c2ncc(C(F)(F)F)c(Oc3ccccc3)n2)c1. The van der Waals surface area contributed by atoms with E-state index in [0.717, 1.165) is 17.4 Å². The summed E-state index contributed by atoms with van der Waals surface area (Å²) in [6, 6.07) is 15.9. The van der Waals surface area contributed by atoms with Gasteiger partial charge < -0.3 is 9.64 Å². The highest BCUT2D eigenvalue weighted by molar-refractivity contribution is 5.58. The zero-order valence-corrected chi connectivity index (χ0v) is 15.7. The first kappa shape index (κ1) is 19.7. The van der Waals surface area contributed by atoms with Gasteiger partial charge in [0.1, 0.15) is 11.3 Å². The third-order valence-corrected chi connectivity index (χ3v) is 4.23. The van der Waals surface area contributed by atoms with E-state index >= 15 is 0 Å². The summed E-state index contributed by atoms with van der Waals surface area (Å²) < 4.78 is 45.6. The Labute approximate surface area is 161 Å². The van der Waals surface area contributed by atoms with Crippen molar-refractivity contribution in [3.63, 3.8) is 0 Å². The largest absolute Gasteiger partial charge is 0.438 e. The Hall–Kier alpha value is -3.09. The molecule has 0 aliphatic rings. The topological polar surface area (TPSA) is 38.2 Å². The first-order chi connectivity index (χ1) is 13.3. The summed E-state index contributed by atoms with van der Waals surface area (Å²) in [6.45, 7) is 4.14. The van der Waals surface area contributed by atoms with Crippen LogP contribution in [0.25, 0.3) is 0 Å². The highest BCUT2D eigenvalue weighted by Crippen LogP contribution is 2.38. The smallest absolute Gasteiger partial charge is 0.423 e. The first-order valence-corrected chi connectivity index (χ1v) is 8.76. The van der Waals surface area contributed by atoms with Crippen LogP contribution in [0.3, 0.4) is 0 Å². The number of para-hydroxylation sites is 1. The van der Waals surface area contributed by atoms with Gasteiger partial charge in [-0.1, -0.05) is 44.2 Å². The van der Waals surface area contributed by atoms with E-state index in [2.05, 4.69) is 23.8 Å². The summed E-state index contributed by atoms with van der Waals surface area (Å²) in [5.74, 6) is 0.163. The molecule has 0 radical (unpaired) electrons. The van der Waals surface area contributed by atoms with Crippen molar-refractivity contribution in [3.05, 3.63) is 71.9 Å². The minimum absolute atomic E-state index is 0.111. The standard InChI is InChI=1S/C21H20F3N3O/c1-14(2)15-8-7-9-16(12-15)27(3)20-25-13-18(21(22,23)24)19(26-20)28-17-10-5-4-6-11-17/h4-14H,1-3H3. The van der Waals surface area contributed by atoms with E-state index in [1.165, 1.54) is 0 Å². The van der Waals surface area contributed by atoms with Crippen molar-refractivity contribution in [2.45, 2.75) is 25.9 Å². The third kappa shape index (κ3) is 4.42. The number of alkyl halides is 3. The van der Waals surface area contributed by atoms with E-state index in [1.807, 2.05) is 24.3 Å². The quantitative estimate of drug-likeness (QED) is 0.524. The van der Waals surface area contributed by atoms with Crippen molar-refractivity contribution < 1.29 is 17.9 Å². The van der Waals surface area contributed by atoms with Gasteiger partial charge in [-0.05, 0) is 35.7 Å². The molecule has 0 N–H and O–H groups in total. The van der Waals surface area contributed by atoms with E-state index in [9.17, 15) is 13.2 Å². The Kier molecular flexibility index (Phi) is 5.53. The number of anilines is 2. The molecule has 0 bridgehead atoms. The van der Waals surface area contributed by atoms with Crippen LogP contribution in [-0.2, 0) is 6.18 Å². The molecule has 0 saturated heterocycles. The fraction of sp³-hybridized carbons (Fsp3) is 0.238. The molecule has 7 heteroatoms. The predicted octanol–water partition coefficient (Wildman–Crippen LogP) is 6.18. The number of aromatic nitrogens is 2. The van der Waals surface area contributed by atoms with Crippen molar-refractivity contribution in [2.75, 3.05) is 11.9 Å². The first-order valence-electron chi connectivity index (χ1n) is 8.76. The molecule has 4 nitrogen and oxygen atoms in total. The summed E-state index contributed by atoms with van der Waals surface area (Å²) in [4.78, 5) is 9.60. The lowest BCUT2D eigenvalue weighted by molar-refractivity contribution is -0.139. The Morgan fingerprint density at radius 2 is 1.71 bits per heavy atom. The molecule has 146 valence electrons. The summed E-state index contributed by atoms with van der Waals surface area (Å²) >= 11 is 0. The number of hydrogen-bond donors (Lipinski definition) is 0. The monoisotopic (exact) mass is 387 g/mol. The Morgan fingerprint density at radius 3 is 2.36 bits per heavy atom. The number of hydrogen-bond acceptors (Lipinski definition) is 4. The van der Waals surface area contributed by atoms with Gasteiger partial charge in [0.15, 0.2) is 0 Å². The average molecular weight is 387 g/mol. The molecular formula is C21H20F3N3O. The Bertz CT molecular complexity index is 943. The summed E-state index contributed by atoms with van der Waals surface area (Å²) in [5.41, 5.74) is 0.859. The van der Waals surface area contributed by atoms with Gasteiger partial charge in [-0.15, -0.1) is 0 Å². The number of benzene rings is 2. The van der Waals surface area contributed by atoms with Crippen molar-refractivity contribution in [1.29, 1.82) is 0 Å². The average Bonchev–Trinajstić information content (AvgIpc) is 2.67. The fourth-order valence-corrected chi connectivity index (χ4v) is 2.60. The molecule has 0 aliphatic heterocycles. The van der Waals surface area contributed by atoms with Gasteiger partial charge in [-0.3, -0.25) is 0 Å². The summed E-state index contributed by atoms with van der Waals surface area (Å²) in [6.07, 6.45) is -3.87. The van der Waals surface area contributed by atoms with Crippen molar-refractivity contribution in [1.82, 2.24) is 9.97 Å². The lowest BCUT2D eigenvalue weighted by atomic mass is 10.0. The van der Waals surface area contributed by atoms with Gasteiger partial charge in [0.2, 0.25) is 11.8 Å². The lowest BCUT2D eigenvalue weighted by Gasteiger charge is -2.20. The van der Waals surface area contributed by atoms with Gasteiger partial charge in [0.05, 0.1) is 0 Å². The minimum atomic E-state index is -4.63. The number of halogens is 3. The second-order valence-corrected chi connectivity index (χ2v) is 6.61. The summed E-state index contributed by atoms with van der Waals surface area (Å²) in [5, 5.41) is 0. The van der Waals surface area contributed by atoms with Crippen molar-refractivity contribution in [3.8, 4) is 11.6 Å². The molecule has 0 amide bonds. The van der Waals surface area contributed by atoms with Crippen LogP contribution in [0.1, 0.15) is 30.9 Å². The van der Waals surface area contributed by atoms with Gasteiger partial charge in [0, 0.05) is 18.9 Å². The van der Waals surface area contributed by atoms with Gasteiger partial charge in [0.25, 0.3) is 0 Å². The molecule has 0 atom stereocenters. The van der Waals surface area contributed by atoms with E-state index in [0.29, 0.717) is 5.92 Å². The third-order valence-electron chi connectivity index (χ3n) is 4.23. The lowest BCUT2D eigenvalue weighted by Crippen LogP contribution is -2.16. The van der Waals surface area contributed by atoms with E-state index < -0.39 is 17.6 Å². The molecule has 0 spiro atoms. The minimum Gasteiger partial charge on any atom is -0.438 e. The maximum absolute atomic E-state index is 13.4. The molecule has 1 heterocycles. The second-order valence-electron chi connectivity index (χ2n) is 6.61. The Morgan fingerprint density at radius 1 is 1.00 bits per heavy atom. The second kappa shape index (κ2) is 7.88. The van der Waals surface area contributed by atoms with Crippen LogP contribution < -0.4 is 9.64 Å². The van der Waals surface area contributed by atoms with Crippen LogP contribution in [0, 0.1) is 0 Å². The summed E-state index contributed by atoms with van der Waals surface area (Å²) in [7, 11) is 1.70. The zero-order chi connectivity index (χ0) is 20.3. The molecular weight excluding hydrogens is 367 g/mol. The molecule has 0 aliphatic carbocycles. The number of nitrogens with zero attached hydrogens (tertiary/aromatic N) is 3. The van der Waals surface area contributed by atoms with E-state index in [4.69, 9.17) is 4.74 Å². The number of ether oxygens (including phenoxy) is 1. The highest BCUT2D eigenvalue weighted by atomic mass is 19.4. The van der Waals surface area contributed by atoms with Crippen LogP contribution in [0.15, 0.2) is 60.8 Å². The normalized spacial score (nSPS) is 11.5. The van der Waals surface area contributed by atoms with Crippen molar-refractivity contribution >= 4 is 11.6 Å². The van der Waals surface area contributed by atoms with Crippen LogP contribution in [-0.4, -0.2) is 17.0 Å². The van der Waals surface area contributed by atoms with E-state index in [1.54, 1.807) is 42.3 Å². The van der Waals surface area contributed by atoms with Gasteiger partial charge in [-0.25, -0.2) is 4.98 Å². The maximum atomic E-state index is 13.4. The van der Waals surface area contributed by atoms with Crippen LogP contribution >= 0.6 is 0 Å². The molecule has 0 saturated carbocycles. The molecule has 3 aromatic rings.